The first-order chi connectivity index (χ1) is 17.0. The fourth-order valence-corrected chi connectivity index (χ4v) is 4.05. The van der Waals surface area contributed by atoms with Gasteiger partial charge >= 0.3 is 0 Å². The molecule has 0 unspecified atom stereocenters. The lowest BCUT2D eigenvalue weighted by Gasteiger charge is -2.28. The van der Waals surface area contributed by atoms with Crippen molar-refractivity contribution in [1.29, 1.82) is 0 Å². The largest absolute Gasteiger partial charge is 0.494 e. The number of carbonyl (C=O) groups is 2. The highest BCUT2D eigenvalue weighted by Gasteiger charge is 2.23. The van der Waals surface area contributed by atoms with E-state index in [1.54, 1.807) is 53.4 Å². The van der Waals surface area contributed by atoms with Crippen molar-refractivity contribution in [2.45, 2.75) is 32.2 Å². The van der Waals surface area contributed by atoms with Crippen LogP contribution in [0.3, 0.4) is 0 Å². The van der Waals surface area contributed by atoms with Gasteiger partial charge < -0.3 is 25.4 Å². The number of methoxy groups -OCH3 is 1. The van der Waals surface area contributed by atoms with E-state index in [9.17, 15) is 9.59 Å². The van der Waals surface area contributed by atoms with Crippen molar-refractivity contribution in [2.75, 3.05) is 23.9 Å². The van der Waals surface area contributed by atoms with Gasteiger partial charge in [-0.15, -0.1) is 0 Å². The highest BCUT2D eigenvalue weighted by atomic mass is 19.1. The Kier molecular flexibility index (Phi) is 7.62. The minimum atomic E-state index is -0.600. The van der Waals surface area contributed by atoms with Crippen LogP contribution >= 0.6 is 0 Å². The summed E-state index contributed by atoms with van der Waals surface area (Å²) in [5.41, 5.74) is 7.89. The summed E-state index contributed by atoms with van der Waals surface area (Å²) in [6, 6.07) is 16.9. The van der Waals surface area contributed by atoms with Gasteiger partial charge in [0, 0.05) is 36.8 Å². The summed E-state index contributed by atoms with van der Waals surface area (Å²) in [6.07, 6.45) is 2.14. The molecule has 1 heterocycles. The Morgan fingerprint density at radius 3 is 2.69 bits per heavy atom. The molecular formula is C27H28FN3O4. The predicted molar refractivity (Wildman–Crippen MR) is 132 cm³/mol. The second kappa shape index (κ2) is 11.0. The fourth-order valence-electron chi connectivity index (χ4n) is 4.05. The summed E-state index contributed by atoms with van der Waals surface area (Å²) in [5.74, 6) is 0.0416. The summed E-state index contributed by atoms with van der Waals surface area (Å²) < 4.78 is 26.2. The number of anilines is 2. The molecule has 3 aromatic carbocycles. The van der Waals surface area contributed by atoms with Gasteiger partial charge in [0.25, 0.3) is 0 Å². The van der Waals surface area contributed by atoms with Gasteiger partial charge in [0.2, 0.25) is 11.8 Å². The summed E-state index contributed by atoms with van der Waals surface area (Å²) in [6.45, 7) is 0.981. The van der Waals surface area contributed by atoms with Gasteiger partial charge in [0.15, 0.2) is 11.6 Å². The Morgan fingerprint density at radius 2 is 1.91 bits per heavy atom. The van der Waals surface area contributed by atoms with Crippen LogP contribution in [0.4, 0.5) is 15.8 Å². The third-order valence-electron chi connectivity index (χ3n) is 5.83. The molecule has 0 aromatic heterocycles. The van der Waals surface area contributed by atoms with Crippen LogP contribution in [0.15, 0.2) is 60.7 Å². The maximum Gasteiger partial charge on any atom is 0.228 e. The number of amides is 2. The molecule has 0 spiro atoms. The van der Waals surface area contributed by atoms with Crippen LogP contribution in [0, 0.1) is 5.82 Å². The van der Waals surface area contributed by atoms with E-state index < -0.39 is 11.7 Å². The minimum absolute atomic E-state index is 0.0293. The third kappa shape index (κ3) is 5.78. The molecule has 1 saturated heterocycles. The Balaban J connectivity index is 1.45. The number of carbonyl (C=O) groups excluding carboxylic acids is 2. The predicted octanol–water partition coefficient (Wildman–Crippen LogP) is 4.78. The average Bonchev–Trinajstić information content (AvgIpc) is 2.87. The zero-order chi connectivity index (χ0) is 24.8. The number of rotatable bonds is 8. The van der Waals surface area contributed by atoms with Crippen molar-refractivity contribution in [2.24, 2.45) is 5.73 Å². The van der Waals surface area contributed by atoms with E-state index in [1.807, 2.05) is 6.07 Å². The van der Waals surface area contributed by atoms with E-state index in [2.05, 4.69) is 5.32 Å². The number of hydrogen-bond acceptors (Lipinski definition) is 5. The van der Waals surface area contributed by atoms with Gasteiger partial charge in [-0.3, -0.25) is 9.59 Å². The van der Waals surface area contributed by atoms with Crippen molar-refractivity contribution in [3.8, 4) is 17.2 Å². The molecule has 0 aliphatic carbocycles. The number of nitrogens with two attached hydrogens (primary N) is 1. The Hall–Kier alpha value is -3.91. The van der Waals surface area contributed by atoms with Crippen LogP contribution in [0.2, 0.25) is 0 Å². The van der Waals surface area contributed by atoms with Crippen LogP contribution in [0.25, 0.3) is 0 Å². The first-order valence-corrected chi connectivity index (χ1v) is 11.5. The lowest BCUT2D eigenvalue weighted by Crippen LogP contribution is -2.35. The first-order valence-electron chi connectivity index (χ1n) is 11.5. The number of hydrogen-bond donors (Lipinski definition) is 2. The second-order valence-electron chi connectivity index (χ2n) is 8.30. The van der Waals surface area contributed by atoms with E-state index in [1.165, 1.54) is 13.2 Å². The van der Waals surface area contributed by atoms with Crippen LogP contribution in [0.5, 0.6) is 17.2 Å². The van der Waals surface area contributed by atoms with Crippen LogP contribution in [-0.2, 0) is 22.6 Å². The molecule has 0 bridgehead atoms. The zero-order valence-electron chi connectivity index (χ0n) is 19.6. The molecule has 182 valence electrons. The number of ether oxygens (including phenoxy) is 2. The summed E-state index contributed by atoms with van der Waals surface area (Å²) in [7, 11) is 1.52. The molecule has 0 saturated carbocycles. The SMILES string of the molecule is COc1cc(NC(=O)Cc2cccc(Oc3cccc(CN)c3)c2F)ccc1N1CCCCC1=O. The third-order valence-corrected chi connectivity index (χ3v) is 5.83. The lowest BCUT2D eigenvalue weighted by atomic mass is 10.1. The molecule has 1 aliphatic rings. The van der Waals surface area contributed by atoms with E-state index in [4.69, 9.17) is 15.2 Å². The van der Waals surface area contributed by atoms with Crippen molar-refractivity contribution in [3.05, 3.63) is 77.6 Å². The van der Waals surface area contributed by atoms with Gasteiger partial charge in [-0.2, -0.15) is 0 Å². The quantitative estimate of drug-likeness (QED) is 0.487. The van der Waals surface area contributed by atoms with E-state index in [0.717, 1.165) is 18.4 Å². The molecule has 1 aliphatic heterocycles. The average molecular weight is 478 g/mol. The first kappa shape index (κ1) is 24.2. The van der Waals surface area contributed by atoms with Crippen molar-refractivity contribution in [3.63, 3.8) is 0 Å². The number of halogens is 1. The monoisotopic (exact) mass is 477 g/mol. The Bertz CT molecular complexity index is 1230. The van der Waals surface area contributed by atoms with Crippen molar-refractivity contribution < 1.29 is 23.5 Å². The Morgan fingerprint density at radius 1 is 1.09 bits per heavy atom. The highest BCUT2D eigenvalue weighted by Crippen LogP contribution is 2.34. The minimum Gasteiger partial charge on any atom is -0.494 e. The zero-order valence-corrected chi connectivity index (χ0v) is 19.6. The van der Waals surface area contributed by atoms with Crippen molar-refractivity contribution in [1.82, 2.24) is 0 Å². The molecule has 0 atom stereocenters. The molecule has 0 radical (unpaired) electrons. The van der Waals surface area contributed by atoms with E-state index >= 15 is 4.39 Å². The summed E-state index contributed by atoms with van der Waals surface area (Å²) in [4.78, 5) is 26.7. The van der Waals surface area contributed by atoms with E-state index in [-0.39, 0.29) is 23.6 Å². The number of nitrogens with one attached hydrogen (secondary N) is 1. The Labute approximate surface area is 203 Å². The van der Waals surface area contributed by atoms with Crippen molar-refractivity contribution >= 4 is 23.2 Å². The van der Waals surface area contributed by atoms with E-state index in [0.29, 0.717) is 42.4 Å². The lowest BCUT2D eigenvalue weighted by molar-refractivity contribution is -0.119. The van der Waals surface area contributed by atoms with Gasteiger partial charge in [-0.25, -0.2) is 4.39 Å². The maximum absolute atomic E-state index is 15.1. The molecule has 2 amide bonds. The van der Waals surface area contributed by atoms with Crippen LogP contribution in [0.1, 0.15) is 30.4 Å². The molecule has 35 heavy (non-hydrogen) atoms. The normalized spacial score (nSPS) is 13.5. The smallest absolute Gasteiger partial charge is 0.228 e. The molecule has 4 rings (SSSR count). The van der Waals surface area contributed by atoms with Crippen LogP contribution < -0.4 is 25.4 Å². The molecule has 1 fully saturated rings. The molecule has 3 aromatic rings. The summed E-state index contributed by atoms with van der Waals surface area (Å²) in [5, 5.41) is 2.77. The van der Waals surface area contributed by atoms with Gasteiger partial charge in [0.1, 0.15) is 11.5 Å². The molecule has 8 heteroatoms. The molecule has 3 N–H and O–H groups in total. The molecular weight excluding hydrogens is 449 g/mol. The van der Waals surface area contributed by atoms with Crippen LogP contribution in [-0.4, -0.2) is 25.5 Å². The second-order valence-corrected chi connectivity index (χ2v) is 8.30. The molecule has 7 nitrogen and oxygen atoms in total. The number of benzene rings is 3. The maximum atomic E-state index is 15.1. The number of nitrogens with zero attached hydrogens (tertiary/aromatic N) is 1. The van der Waals surface area contributed by atoms with Gasteiger partial charge in [0.05, 0.1) is 19.2 Å². The standard InChI is InChI=1S/C27H28FN3O4/c1-34-24-16-20(11-12-22(24)31-13-3-2-10-26(31)33)30-25(32)15-19-7-5-9-23(27(19)28)35-21-8-4-6-18(14-21)17-29/h4-9,11-12,14,16H,2-3,10,13,15,17,29H2,1H3,(H,30,32). The van der Waals surface area contributed by atoms with Gasteiger partial charge in [-0.1, -0.05) is 24.3 Å². The highest BCUT2D eigenvalue weighted by molar-refractivity contribution is 5.97. The topological polar surface area (TPSA) is 93.9 Å². The fraction of sp³-hybridized carbons (Fsp3) is 0.259. The summed E-state index contributed by atoms with van der Waals surface area (Å²) >= 11 is 0. The number of piperidine rings is 1. The van der Waals surface area contributed by atoms with Gasteiger partial charge in [-0.05, 0) is 48.7 Å².